The average molecular weight is 304 g/mol. The highest BCUT2D eigenvalue weighted by Crippen LogP contribution is 2.19. The molecule has 1 aliphatic carbocycles. The lowest BCUT2D eigenvalue weighted by Gasteiger charge is -2.27. The molecule has 2 N–H and O–H groups in total. The van der Waals surface area contributed by atoms with Crippen molar-refractivity contribution in [2.24, 2.45) is 11.8 Å². The number of ether oxygens (including phenoxy) is 1. The summed E-state index contributed by atoms with van der Waals surface area (Å²) in [5.41, 5.74) is 0. The molecule has 0 radical (unpaired) electrons. The van der Waals surface area contributed by atoms with Crippen LogP contribution in [0.15, 0.2) is 36.5 Å². The number of carbonyl (C=O) groups excluding carboxylic acids is 1. The van der Waals surface area contributed by atoms with Crippen LogP contribution >= 0.6 is 0 Å². The summed E-state index contributed by atoms with van der Waals surface area (Å²) < 4.78 is 5.58. The number of amides is 1. The van der Waals surface area contributed by atoms with E-state index in [4.69, 9.17) is 4.74 Å². The fourth-order valence-corrected chi connectivity index (χ4v) is 3.18. The summed E-state index contributed by atoms with van der Waals surface area (Å²) >= 11 is 0. The Morgan fingerprint density at radius 3 is 2.64 bits per heavy atom. The Kier molecular flexibility index (Phi) is 6.87. The number of allylic oxidation sites excluding steroid dienone is 6. The lowest BCUT2D eigenvalue weighted by Crippen LogP contribution is -2.46. The maximum atomic E-state index is 12.3. The molecule has 3 atom stereocenters. The van der Waals surface area contributed by atoms with Gasteiger partial charge in [0.05, 0.1) is 12.0 Å². The summed E-state index contributed by atoms with van der Waals surface area (Å²) in [5.74, 6) is 0.336. The number of methoxy groups -OCH3 is 1. The maximum absolute atomic E-state index is 12.3. The molecule has 0 bridgehead atoms. The molecule has 1 aliphatic heterocycles. The molecule has 2 rings (SSSR count). The lowest BCUT2D eigenvalue weighted by atomic mass is 9.95. The highest BCUT2D eigenvalue weighted by Gasteiger charge is 2.32. The minimum absolute atomic E-state index is 0.0515. The molecule has 1 saturated heterocycles. The first-order valence-corrected chi connectivity index (χ1v) is 8.28. The Morgan fingerprint density at radius 2 is 2.05 bits per heavy atom. The molecule has 0 aromatic rings. The Bertz CT molecular complexity index is 420. The second kappa shape index (κ2) is 8.91. The fourth-order valence-electron chi connectivity index (χ4n) is 3.18. The van der Waals surface area contributed by atoms with Crippen LogP contribution in [0.4, 0.5) is 0 Å². The van der Waals surface area contributed by atoms with Crippen molar-refractivity contribution in [3.63, 3.8) is 0 Å². The predicted octanol–water partition coefficient (Wildman–Crippen LogP) is 2.19. The van der Waals surface area contributed by atoms with Gasteiger partial charge < -0.3 is 15.4 Å². The van der Waals surface area contributed by atoms with E-state index in [-0.39, 0.29) is 17.9 Å². The predicted molar refractivity (Wildman–Crippen MR) is 89.5 cm³/mol. The van der Waals surface area contributed by atoms with Crippen LogP contribution in [-0.4, -0.2) is 38.3 Å². The van der Waals surface area contributed by atoms with Crippen LogP contribution in [-0.2, 0) is 9.53 Å². The SMILES string of the molecule is COC(C1CCCN1)C(C)C(=O)NCCC1C=CC=CC=C1. The summed E-state index contributed by atoms with van der Waals surface area (Å²) in [6.45, 7) is 3.67. The first kappa shape index (κ1) is 17.0. The second-order valence-electron chi connectivity index (χ2n) is 6.09. The number of nitrogens with one attached hydrogen (secondary N) is 2. The standard InChI is InChI=1S/C18H28N2O2/c1-14(17(22-2)16-10-7-12-19-16)18(21)20-13-11-15-8-5-3-4-6-9-15/h3-6,8-9,14-17,19H,7,10-13H2,1-2H3,(H,20,21). The van der Waals surface area contributed by atoms with Gasteiger partial charge in [-0.05, 0) is 31.7 Å². The molecule has 0 aromatic heterocycles. The third kappa shape index (κ3) is 4.82. The highest BCUT2D eigenvalue weighted by atomic mass is 16.5. The summed E-state index contributed by atoms with van der Waals surface area (Å²) in [5, 5.41) is 6.48. The van der Waals surface area contributed by atoms with E-state index in [0.717, 1.165) is 25.8 Å². The van der Waals surface area contributed by atoms with Crippen molar-refractivity contribution in [1.82, 2.24) is 10.6 Å². The van der Waals surface area contributed by atoms with Gasteiger partial charge in [0.15, 0.2) is 0 Å². The normalized spacial score (nSPS) is 24.2. The van der Waals surface area contributed by atoms with Gasteiger partial charge in [-0.1, -0.05) is 43.4 Å². The minimum Gasteiger partial charge on any atom is -0.379 e. The molecule has 1 amide bonds. The molecule has 3 unspecified atom stereocenters. The van der Waals surface area contributed by atoms with Crippen molar-refractivity contribution < 1.29 is 9.53 Å². The summed E-state index contributed by atoms with van der Waals surface area (Å²) in [6, 6.07) is 0.296. The molecule has 1 heterocycles. The monoisotopic (exact) mass is 304 g/mol. The molecule has 0 aromatic carbocycles. The van der Waals surface area contributed by atoms with Gasteiger partial charge in [0.25, 0.3) is 0 Å². The smallest absolute Gasteiger partial charge is 0.225 e. The van der Waals surface area contributed by atoms with Crippen LogP contribution in [0.3, 0.4) is 0 Å². The molecule has 2 aliphatic rings. The Labute approximate surface area is 133 Å². The number of hydrogen-bond donors (Lipinski definition) is 2. The maximum Gasteiger partial charge on any atom is 0.225 e. The van der Waals surface area contributed by atoms with E-state index in [2.05, 4.69) is 34.9 Å². The van der Waals surface area contributed by atoms with E-state index in [0.29, 0.717) is 18.5 Å². The number of carbonyl (C=O) groups is 1. The van der Waals surface area contributed by atoms with Gasteiger partial charge in [-0.25, -0.2) is 0 Å². The van der Waals surface area contributed by atoms with E-state index in [9.17, 15) is 4.79 Å². The van der Waals surface area contributed by atoms with Crippen molar-refractivity contribution in [1.29, 1.82) is 0 Å². The largest absolute Gasteiger partial charge is 0.379 e. The van der Waals surface area contributed by atoms with Crippen LogP contribution in [0.25, 0.3) is 0 Å². The van der Waals surface area contributed by atoms with Gasteiger partial charge >= 0.3 is 0 Å². The number of rotatable bonds is 7. The lowest BCUT2D eigenvalue weighted by molar-refractivity contribution is -0.129. The highest BCUT2D eigenvalue weighted by molar-refractivity contribution is 5.79. The first-order chi connectivity index (χ1) is 10.7. The molecular weight excluding hydrogens is 276 g/mol. The van der Waals surface area contributed by atoms with E-state index < -0.39 is 0 Å². The van der Waals surface area contributed by atoms with Gasteiger partial charge in [0.2, 0.25) is 5.91 Å². The Balaban J connectivity index is 1.75. The van der Waals surface area contributed by atoms with Crippen molar-refractivity contribution in [3.8, 4) is 0 Å². The van der Waals surface area contributed by atoms with Crippen LogP contribution in [0.1, 0.15) is 26.2 Å². The molecule has 0 saturated carbocycles. The molecular formula is C18H28N2O2. The second-order valence-corrected chi connectivity index (χ2v) is 6.09. The van der Waals surface area contributed by atoms with Crippen molar-refractivity contribution >= 4 is 5.91 Å². The summed E-state index contributed by atoms with van der Waals surface area (Å²) in [4.78, 5) is 12.3. The van der Waals surface area contributed by atoms with Gasteiger partial charge in [-0.15, -0.1) is 0 Å². The first-order valence-electron chi connectivity index (χ1n) is 8.28. The molecule has 4 nitrogen and oxygen atoms in total. The van der Waals surface area contributed by atoms with Gasteiger partial charge in [0.1, 0.15) is 0 Å². The van der Waals surface area contributed by atoms with Crippen molar-refractivity contribution in [2.45, 2.75) is 38.3 Å². The third-order valence-electron chi connectivity index (χ3n) is 4.50. The van der Waals surface area contributed by atoms with Gasteiger partial charge in [-0.3, -0.25) is 4.79 Å². The van der Waals surface area contributed by atoms with E-state index in [1.54, 1.807) is 7.11 Å². The molecule has 4 heteroatoms. The minimum atomic E-state index is -0.137. The quantitative estimate of drug-likeness (QED) is 0.758. The average Bonchev–Trinajstić information content (AvgIpc) is 2.92. The Hall–Kier alpha value is -1.39. The molecule has 122 valence electrons. The van der Waals surface area contributed by atoms with Crippen molar-refractivity contribution in [2.75, 3.05) is 20.2 Å². The molecule has 0 spiro atoms. The van der Waals surface area contributed by atoms with E-state index in [1.807, 2.05) is 19.1 Å². The molecule has 1 fully saturated rings. The summed E-state index contributed by atoms with van der Waals surface area (Å²) in [7, 11) is 1.70. The zero-order chi connectivity index (χ0) is 15.8. The van der Waals surface area contributed by atoms with Crippen LogP contribution in [0.5, 0.6) is 0 Å². The van der Waals surface area contributed by atoms with Gasteiger partial charge in [-0.2, -0.15) is 0 Å². The van der Waals surface area contributed by atoms with Crippen molar-refractivity contribution in [3.05, 3.63) is 36.5 Å². The van der Waals surface area contributed by atoms with Crippen LogP contribution in [0, 0.1) is 11.8 Å². The fraction of sp³-hybridized carbons (Fsp3) is 0.611. The zero-order valence-electron chi connectivity index (χ0n) is 13.6. The Morgan fingerprint density at radius 1 is 1.32 bits per heavy atom. The van der Waals surface area contributed by atoms with Crippen LogP contribution in [0.2, 0.25) is 0 Å². The summed E-state index contributed by atoms with van der Waals surface area (Å²) in [6.07, 6.45) is 15.6. The molecule has 22 heavy (non-hydrogen) atoms. The van der Waals surface area contributed by atoms with Gasteiger partial charge in [0, 0.05) is 19.7 Å². The third-order valence-corrected chi connectivity index (χ3v) is 4.50. The van der Waals surface area contributed by atoms with E-state index >= 15 is 0 Å². The zero-order valence-corrected chi connectivity index (χ0v) is 13.6. The number of hydrogen-bond acceptors (Lipinski definition) is 3. The van der Waals surface area contributed by atoms with Crippen LogP contribution < -0.4 is 10.6 Å². The van der Waals surface area contributed by atoms with E-state index in [1.165, 1.54) is 0 Å². The topological polar surface area (TPSA) is 50.4 Å².